The van der Waals surface area contributed by atoms with Crippen LogP contribution in [0.25, 0.3) is 0 Å². The van der Waals surface area contributed by atoms with Crippen molar-refractivity contribution in [1.82, 2.24) is 9.62 Å². The molecule has 33 heavy (non-hydrogen) atoms. The van der Waals surface area contributed by atoms with Gasteiger partial charge in [-0.25, -0.2) is 13.2 Å². The summed E-state index contributed by atoms with van der Waals surface area (Å²) in [7, 11) is -3.68. The van der Waals surface area contributed by atoms with Crippen molar-refractivity contribution in [2.45, 2.75) is 42.9 Å². The highest BCUT2D eigenvalue weighted by atomic mass is 32.2. The van der Waals surface area contributed by atoms with Gasteiger partial charge in [0.2, 0.25) is 15.9 Å². The third-order valence-electron chi connectivity index (χ3n) is 6.67. The van der Waals surface area contributed by atoms with Crippen LogP contribution in [0, 0.1) is 5.92 Å². The number of amides is 1. The maximum absolute atomic E-state index is 13.0. The minimum Gasteiger partial charge on any atom is -0.462 e. The second kappa shape index (κ2) is 9.65. The minimum atomic E-state index is -3.68. The first kappa shape index (κ1) is 23.4. The molecular weight excluding hydrogens is 440 g/mol. The summed E-state index contributed by atoms with van der Waals surface area (Å²) in [5.41, 5.74) is 1.63. The molecule has 176 valence electrons. The van der Waals surface area contributed by atoms with Gasteiger partial charge < -0.3 is 10.1 Å². The van der Waals surface area contributed by atoms with Crippen LogP contribution in [0.4, 0.5) is 0 Å². The maximum atomic E-state index is 13.0. The Balaban J connectivity index is 1.31. The molecule has 1 amide bonds. The molecule has 0 bridgehead atoms. The fourth-order valence-electron chi connectivity index (χ4n) is 4.40. The summed E-state index contributed by atoms with van der Waals surface area (Å²) in [4.78, 5) is 24.7. The summed E-state index contributed by atoms with van der Waals surface area (Å²) in [6.07, 6.45) is 3.13. The van der Waals surface area contributed by atoms with Crippen LogP contribution in [0.1, 0.15) is 48.5 Å². The van der Waals surface area contributed by atoms with Crippen LogP contribution >= 0.6 is 0 Å². The summed E-state index contributed by atoms with van der Waals surface area (Å²) in [6, 6.07) is 16.1. The predicted octanol–water partition coefficient (Wildman–Crippen LogP) is 3.11. The zero-order chi connectivity index (χ0) is 23.5. The number of carbonyl (C=O) groups excluding carboxylic acids is 2. The average Bonchev–Trinajstić information content (AvgIpc) is 3.65. The van der Waals surface area contributed by atoms with E-state index in [2.05, 4.69) is 17.4 Å². The molecule has 1 aliphatic heterocycles. The SMILES string of the molecule is CCOC(=O)c1ccc(S(=O)(=O)N2CCC(C(=O)NCC3(c4ccccc4)CC3)CC2)cc1. The standard InChI is InChI=1S/C25H30N2O5S/c1-2-32-24(29)20-8-10-22(11-9-20)33(30,31)27-16-12-19(13-17-27)23(28)26-18-25(14-15-25)21-6-4-3-5-7-21/h3-11,19H,2,12-18H2,1H3,(H,26,28). The number of carbonyl (C=O) groups is 2. The largest absolute Gasteiger partial charge is 0.462 e. The molecule has 1 aliphatic carbocycles. The van der Waals surface area contributed by atoms with Crippen LogP contribution in [0.5, 0.6) is 0 Å². The summed E-state index contributed by atoms with van der Waals surface area (Å²) in [5, 5.41) is 3.12. The van der Waals surface area contributed by atoms with Crippen LogP contribution in [-0.4, -0.2) is 50.8 Å². The molecule has 8 heteroatoms. The van der Waals surface area contributed by atoms with Crippen LogP contribution in [0.3, 0.4) is 0 Å². The molecule has 1 saturated carbocycles. The van der Waals surface area contributed by atoms with Crippen molar-refractivity contribution in [3.8, 4) is 0 Å². The first-order valence-electron chi connectivity index (χ1n) is 11.5. The van der Waals surface area contributed by atoms with Gasteiger partial charge >= 0.3 is 5.97 Å². The molecule has 2 aromatic rings. The summed E-state index contributed by atoms with van der Waals surface area (Å²) in [5.74, 6) is -0.657. The lowest BCUT2D eigenvalue weighted by molar-refractivity contribution is -0.126. The van der Waals surface area contributed by atoms with E-state index in [9.17, 15) is 18.0 Å². The highest BCUT2D eigenvalue weighted by molar-refractivity contribution is 7.89. The maximum Gasteiger partial charge on any atom is 0.338 e. The first-order valence-corrected chi connectivity index (χ1v) is 12.9. The Morgan fingerprint density at radius 1 is 1.03 bits per heavy atom. The van der Waals surface area contributed by atoms with Crippen molar-refractivity contribution in [3.05, 3.63) is 65.7 Å². The number of benzene rings is 2. The lowest BCUT2D eigenvalue weighted by Crippen LogP contribution is -2.44. The van der Waals surface area contributed by atoms with Crippen LogP contribution in [0.2, 0.25) is 0 Å². The average molecular weight is 471 g/mol. The number of esters is 1. The summed E-state index contributed by atoms with van der Waals surface area (Å²) in [6.45, 7) is 3.19. The van der Waals surface area contributed by atoms with Crippen LogP contribution < -0.4 is 5.32 Å². The Morgan fingerprint density at radius 2 is 1.67 bits per heavy atom. The summed E-state index contributed by atoms with van der Waals surface area (Å²) < 4.78 is 32.4. The lowest BCUT2D eigenvalue weighted by atomic mass is 9.94. The van der Waals surface area contributed by atoms with Gasteiger partial charge in [-0.15, -0.1) is 0 Å². The number of nitrogens with zero attached hydrogens (tertiary/aromatic N) is 1. The fourth-order valence-corrected chi connectivity index (χ4v) is 5.87. The topological polar surface area (TPSA) is 92.8 Å². The molecule has 1 N–H and O–H groups in total. The van der Waals surface area contributed by atoms with E-state index in [0.717, 1.165) is 12.8 Å². The van der Waals surface area contributed by atoms with Crippen molar-refractivity contribution < 1.29 is 22.7 Å². The van der Waals surface area contributed by atoms with Crippen LogP contribution in [-0.2, 0) is 25.0 Å². The Morgan fingerprint density at radius 3 is 2.24 bits per heavy atom. The van der Waals surface area contributed by atoms with Crippen molar-refractivity contribution >= 4 is 21.9 Å². The Hall–Kier alpha value is -2.71. The highest BCUT2D eigenvalue weighted by Gasteiger charge is 2.44. The van der Waals surface area contributed by atoms with Gasteiger partial charge in [-0.2, -0.15) is 4.31 Å². The van der Waals surface area contributed by atoms with E-state index in [4.69, 9.17) is 4.74 Å². The third-order valence-corrected chi connectivity index (χ3v) is 8.58. The van der Waals surface area contributed by atoms with Gasteiger partial charge in [0, 0.05) is 31.0 Å². The molecule has 0 radical (unpaired) electrons. The molecule has 1 saturated heterocycles. The van der Waals surface area contributed by atoms with Crippen molar-refractivity contribution in [3.63, 3.8) is 0 Å². The van der Waals surface area contributed by atoms with Gasteiger partial charge in [0.25, 0.3) is 0 Å². The first-order chi connectivity index (χ1) is 15.9. The quantitative estimate of drug-likeness (QED) is 0.599. The van der Waals surface area contributed by atoms with E-state index in [1.165, 1.54) is 34.1 Å². The smallest absolute Gasteiger partial charge is 0.338 e. The predicted molar refractivity (Wildman–Crippen MR) is 124 cm³/mol. The molecule has 2 aliphatic rings. The van der Waals surface area contributed by atoms with E-state index in [-0.39, 0.29) is 28.7 Å². The molecule has 2 fully saturated rings. The van der Waals surface area contributed by atoms with E-state index in [1.54, 1.807) is 6.92 Å². The molecule has 0 atom stereocenters. The molecule has 4 rings (SSSR count). The van der Waals surface area contributed by atoms with Gasteiger partial charge in [-0.1, -0.05) is 30.3 Å². The number of nitrogens with one attached hydrogen (secondary N) is 1. The summed E-state index contributed by atoms with van der Waals surface area (Å²) >= 11 is 0. The van der Waals surface area contributed by atoms with E-state index < -0.39 is 16.0 Å². The minimum absolute atomic E-state index is 0.00745. The van der Waals surface area contributed by atoms with E-state index >= 15 is 0 Å². The van der Waals surface area contributed by atoms with Gasteiger partial charge in [0.05, 0.1) is 17.1 Å². The molecule has 1 heterocycles. The normalized spacial score (nSPS) is 18.5. The number of hydrogen-bond acceptors (Lipinski definition) is 5. The van der Waals surface area contributed by atoms with Gasteiger partial charge in [0.15, 0.2) is 0 Å². The molecule has 7 nitrogen and oxygen atoms in total. The zero-order valence-corrected chi connectivity index (χ0v) is 19.6. The highest BCUT2D eigenvalue weighted by Crippen LogP contribution is 2.47. The Labute approximate surface area is 195 Å². The third kappa shape index (κ3) is 5.12. The van der Waals surface area contributed by atoms with Gasteiger partial charge in [-0.3, -0.25) is 4.79 Å². The van der Waals surface area contributed by atoms with Crippen molar-refractivity contribution in [2.24, 2.45) is 5.92 Å². The van der Waals surface area contributed by atoms with Crippen molar-refractivity contribution in [2.75, 3.05) is 26.2 Å². The lowest BCUT2D eigenvalue weighted by Gasteiger charge is -2.31. The number of ether oxygens (including phenoxy) is 1. The number of hydrogen-bond donors (Lipinski definition) is 1. The number of piperidine rings is 1. The Kier molecular flexibility index (Phi) is 6.86. The van der Waals surface area contributed by atoms with Crippen LogP contribution in [0.15, 0.2) is 59.5 Å². The number of rotatable bonds is 8. The molecule has 0 unspecified atom stereocenters. The Bertz CT molecular complexity index is 1090. The molecule has 0 aromatic heterocycles. The number of sulfonamides is 1. The second-order valence-electron chi connectivity index (χ2n) is 8.79. The monoisotopic (exact) mass is 470 g/mol. The van der Waals surface area contributed by atoms with Crippen molar-refractivity contribution in [1.29, 1.82) is 0 Å². The van der Waals surface area contributed by atoms with E-state index in [0.29, 0.717) is 38.0 Å². The second-order valence-corrected chi connectivity index (χ2v) is 10.7. The molecular formula is C25H30N2O5S. The molecule has 2 aromatic carbocycles. The zero-order valence-electron chi connectivity index (χ0n) is 18.8. The fraction of sp³-hybridized carbons (Fsp3) is 0.440. The van der Waals surface area contributed by atoms with Gasteiger partial charge in [-0.05, 0) is 62.4 Å². The molecule has 0 spiro atoms. The van der Waals surface area contributed by atoms with Gasteiger partial charge in [0.1, 0.15) is 0 Å². The van der Waals surface area contributed by atoms with E-state index in [1.807, 2.05) is 18.2 Å².